The summed E-state index contributed by atoms with van der Waals surface area (Å²) < 4.78 is 0. The third-order valence-corrected chi connectivity index (χ3v) is 3.54. The van der Waals surface area contributed by atoms with Crippen LogP contribution in [-0.2, 0) is 11.2 Å². The van der Waals surface area contributed by atoms with E-state index >= 15 is 0 Å². The fourth-order valence-electron chi connectivity index (χ4n) is 2.54. The van der Waals surface area contributed by atoms with Gasteiger partial charge in [-0.1, -0.05) is 49.6 Å². The van der Waals surface area contributed by atoms with Crippen LogP contribution in [0.5, 0.6) is 0 Å². The van der Waals surface area contributed by atoms with Crippen LogP contribution in [0.15, 0.2) is 67.4 Å². The van der Waals surface area contributed by atoms with E-state index in [0.717, 1.165) is 11.9 Å². The molecule has 22 heavy (non-hydrogen) atoms. The molecule has 1 aromatic carbocycles. The molecule has 2 rings (SSSR count). The molecule has 0 spiro atoms. The summed E-state index contributed by atoms with van der Waals surface area (Å²) in [5, 5.41) is 4.25. The number of H-pyrrole nitrogens is 1. The van der Waals surface area contributed by atoms with Crippen molar-refractivity contribution in [3.05, 3.63) is 73.0 Å². The SMILES string of the molecule is C=C/C=C(\C=C)C(=O)NC(C)(C)Cc1c[nH]c2ccccc12. The Morgan fingerprint density at radius 2 is 2.05 bits per heavy atom. The summed E-state index contributed by atoms with van der Waals surface area (Å²) in [4.78, 5) is 15.5. The molecule has 0 aliphatic carbocycles. The lowest BCUT2D eigenvalue weighted by Crippen LogP contribution is -2.45. The third-order valence-electron chi connectivity index (χ3n) is 3.54. The molecule has 1 aromatic heterocycles. The second kappa shape index (κ2) is 6.48. The Hall–Kier alpha value is -2.55. The first-order valence-corrected chi connectivity index (χ1v) is 7.29. The van der Waals surface area contributed by atoms with Crippen LogP contribution in [0.2, 0.25) is 0 Å². The summed E-state index contributed by atoms with van der Waals surface area (Å²) in [6, 6.07) is 8.17. The van der Waals surface area contributed by atoms with Gasteiger partial charge < -0.3 is 10.3 Å². The molecule has 2 aromatic rings. The minimum Gasteiger partial charge on any atom is -0.361 e. The van der Waals surface area contributed by atoms with Crippen molar-refractivity contribution in [3.8, 4) is 0 Å². The molecule has 1 heterocycles. The minimum atomic E-state index is -0.370. The predicted molar refractivity (Wildman–Crippen MR) is 92.7 cm³/mol. The van der Waals surface area contributed by atoms with Gasteiger partial charge in [0, 0.05) is 28.2 Å². The molecule has 3 nitrogen and oxygen atoms in total. The first-order valence-electron chi connectivity index (χ1n) is 7.29. The van der Waals surface area contributed by atoms with E-state index in [9.17, 15) is 4.79 Å². The van der Waals surface area contributed by atoms with Crippen LogP contribution in [0.4, 0.5) is 0 Å². The highest BCUT2D eigenvalue weighted by molar-refractivity contribution is 5.96. The molecular weight excluding hydrogens is 272 g/mol. The van der Waals surface area contributed by atoms with Crippen LogP contribution in [0.25, 0.3) is 10.9 Å². The highest BCUT2D eigenvalue weighted by Crippen LogP contribution is 2.22. The van der Waals surface area contributed by atoms with Gasteiger partial charge in [-0.15, -0.1) is 0 Å². The van der Waals surface area contributed by atoms with Crippen molar-refractivity contribution in [1.82, 2.24) is 10.3 Å². The number of hydrogen-bond donors (Lipinski definition) is 2. The van der Waals surface area contributed by atoms with Gasteiger partial charge in [0.2, 0.25) is 0 Å². The molecule has 114 valence electrons. The van der Waals surface area contributed by atoms with Gasteiger partial charge in [-0.2, -0.15) is 0 Å². The van der Waals surface area contributed by atoms with Crippen molar-refractivity contribution in [2.45, 2.75) is 25.8 Å². The van der Waals surface area contributed by atoms with Crippen LogP contribution in [0, 0.1) is 0 Å². The van der Waals surface area contributed by atoms with E-state index < -0.39 is 0 Å². The number of carbonyl (C=O) groups is 1. The van der Waals surface area contributed by atoms with E-state index in [0.29, 0.717) is 5.57 Å². The summed E-state index contributed by atoms with van der Waals surface area (Å²) in [5.41, 5.74) is 2.44. The number of benzene rings is 1. The number of aromatic amines is 1. The lowest BCUT2D eigenvalue weighted by Gasteiger charge is -2.26. The molecule has 0 fully saturated rings. The lowest BCUT2D eigenvalue weighted by molar-refractivity contribution is -0.118. The van der Waals surface area contributed by atoms with Crippen molar-refractivity contribution < 1.29 is 4.79 Å². The molecule has 0 saturated heterocycles. The molecule has 0 aliphatic heterocycles. The van der Waals surface area contributed by atoms with E-state index in [-0.39, 0.29) is 11.4 Å². The maximum atomic E-state index is 12.3. The van der Waals surface area contributed by atoms with Crippen LogP contribution >= 0.6 is 0 Å². The monoisotopic (exact) mass is 294 g/mol. The number of hydrogen-bond acceptors (Lipinski definition) is 1. The zero-order chi connectivity index (χ0) is 16.2. The Morgan fingerprint density at radius 1 is 1.32 bits per heavy atom. The molecule has 0 aliphatic rings. The summed E-state index contributed by atoms with van der Waals surface area (Å²) in [6.45, 7) is 11.3. The Bertz CT molecular complexity index is 735. The lowest BCUT2D eigenvalue weighted by atomic mass is 9.94. The fraction of sp³-hybridized carbons (Fsp3) is 0.211. The number of para-hydroxylation sites is 1. The van der Waals surface area contributed by atoms with Gasteiger partial charge in [0.05, 0.1) is 0 Å². The second-order valence-corrected chi connectivity index (χ2v) is 5.94. The molecule has 0 radical (unpaired) electrons. The largest absolute Gasteiger partial charge is 0.361 e. The zero-order valence-electron chi connectivity index (χ0n) is 13.1. The van der Waals surface area contributed by atoms with Crippen molar-refractivity contribution in [2.24, 2.45) is 0 Å². The number of allylic oxidation sites excluding steroid dienone is 2. The number of fused-ring (bicyclic) bond motifs is 1. The fourth-order valence-corrected chi connectivity index (χ4v) is 2.54. The Morgan fingerprint density at radius 3 is 2.73 bits per heavy atom. The van der Waals surface area contributed by atoms with Crippen molar-refractivity contribution >= 4 is 16.8 Å². The number of nitrogens with one attached hydrogen (secondary N) is 2. The number of aromatic nitrogens is 1. The quantitative estimate of drug-likeness (QED) is 0.616. The highest BCUT2D eigenvalue weighted by atomic mass is 16.1. The van der Waals surface area contributed by atoms with Gasteiger partial charge in [0.25, 0.3) is 5.91 Å². The standard InChI is InChI=1S/C19H22N2O/c1-5-9-14(6-2)18(22)21-19(3,4)12-15-13-20-17-11-8-7-10-16(15)17/h5-11,13,20H,1-2,12H2,3-4H3,(H,21,22)/b14-9+. The number of carbonyl (C=O) groups excluding carboxylic acids is 1. The molecule has 0 saturated carbocycles. The highest BCUT2D eigenvalue weighted by Gasteiger charge is 2.23. The molecular formula is C19H22N2O. The van der Waals surface area contributed by atoms with E-state index in [1.54, 1.807) is 18.2 Å². The summed E-state index contributed by atoms with van der Waals surface area (Å²) in [6.07, 6.45) is 7.53. The van der Waals surface area contributed by atoms with Crippen LogP contribution in [0.1, 0.15) is 19.4 Å². The van der Waals surface area contributed by atoms with Crippen molar-refractivity contribution in [1.29, 1.82) is 0 Å². The molecule has 2 N–H and O–H groups in total. The topological polar surface area (TPSA) is 44.9 Å². The van der Waals surface area contributed by atoms with Crippen LogP contribution in [-0.4, -0.2) is 16.4 Å². The number of rotatable bonds is 6. The molecule has 3 heteroatoms. The molecule has 0 bridgehead atoms. The average molecular weight is 294 g/mol. The van der Waals surface area contributed by atoms with Gasteiger partial charge in [0.15, 0.2) is 0 Å². The first kappa shape index (κ1) is 15.8. The van der Waals surface area contributed by atoms with E-state index in [4.69, 9.17) is 0 Å². The number of amides is 1. The van der Waals surface area contributed by atoms with Gasteiger partial charge in [-0.3, -0.25) is 4.79 Å². The molecule has 1 amide bonds. The van der Waals surface area contributed by atoms with Gasteiger partial charge in [0.1, 0.15) is 0 Å². The maximum absolute atomic E-state index is 12.3. The van der Waals surface area contributed by atoms with Crippen molar-refractivity contribution in [3.63, 3.8) is 0 Å². The van der Waals surface area contributed by atoms with E-state index in [1.807, 2.05) is 38.2 Å². The second-order valence-electron chi connectivity index (χ2n) is 5.94. The molecule has 0 atom stereocenters. The summed E-state index contributed by atoms with van der Waals surface area (Å²) in [7, 11) is 0. The minimum absolute atomic E-state index is 0.139. The van der Waals surface area contributed by atoms with Crippen LogP contribution < -0.4 is 5.32 Å². The normalized spacial score (nSPS) is 12.2. The first-order chi connectivity index (χ1) is 10.5. The van der Waals surface area contributed by atoms with Gasteiger partial charge >= 0.3 is 0 Å². The molecule has 0 unspecified atom stereocenters. The van der Waals surface area contributed by atoms with Crippen molar-refractivity contribution in [2.75, 3.05) is 0 Å². The van der Waals surface area contributed by atoms with Gasteiger partial charge in [-0.25, -0.2) is 0 Å². The predicted octanol–water partition coefficient (Wildman–Crippen LogP) is 3.90. The zero-order valence-corrected chi connectivity index (χ0v) is 13.1. The third kappa shape index (κ3) is 3.55. The van der Waals surface area contributed by atoms with Gasteiger partial charge in [-0.05, 0) is 31.9 Å². The smallest absolute Gasteiger partial charge is 0.251 e. The summed E-state index contributed by atoms with van der Waals surface area (Å²) in [5.74, 6) is -0.139. The Kier molecular flexibility index (Phi) is 4.66. The summed E-state index contributed by atoms with van der Waals surface area (Å²) >= 11 is 0. The maximum Gasteiger partial charge on any atom is 0.251 e. The van der Waals surface area contributed by atoms with E-state index in [1.165, 1.54) is 10.9 Å². The average Bonchev–Trinajstić information content (AvgIpc) is 2.86. The Labute approximate surface area is 131 Å². The van der Waals surface area contributed by atoms with Crippen LogP contribution in [0.3, 0.4) is 0 Å². The Balaban J connectivity index is 2.17. The van der Waals surface area contributed by atoms with E-state index in [2.05, 4.69) is 29.5 Å².